The van der Waals surface area contributed by atoms with E-state index in [1.54, 1.807) is 18.2 Å². The van der Waals surface area contributed by atoms with Gasteiger partial charge in [-0.25, -0.2) is 9.69 Å². The number of hydrogen-bond acceptors (Lipinski definition) is 5. The van der Waals surface area contributed by atoms with E-state index in [1.165, 1.54) is 28.0 Å². The van der Waals surface area contributed by atoms with E-state index in [2.05, 4.69) is 0 Å². The molecule has 3 aliphatic heterocycles. The Morgan fingerprint density at radius 2 is 1.65 bits per heavy atom. The van der Waals surface area contributed by atoms with E-state index in [0.717, 1.165) is 29.2 Å². The zero-order valence-corrected chi connectivity index (χ0v) is 18.9. The molecule has 0 N–H and O–H groups in total. The van der Waals surface area contributed by atoms with Crippen LogP contribution in [-0.4, -0.2) is 57.2 Å². The Kier molecular flexibility index (Phi) is 4.81. The van der Waals surface area contributed by atoms with Crippen LogP contribution in [0.15, 0.2) is 60.7 Å². The molecule has 0 aromatic heterocycles. The minimum Gasteiger partial charge on any atom is -0.331 e. The maximum atomic E-state index is 13.6. The molecule has 0 aliphatic carbocycles. The maximum absolute atomic E-state index is 13.6. The van der Waals surface area contributed by atoms with Gasteiger partial charge in [-0.05, 0) is 42.8 Å². The summed E-state index contributed by atoms with van der Waals surface area (Å²) < 4.78 is 38.7. The second kappa shape index (κ2) is 7.76. The number of halogens is 3. The second-order valence-electron chi connectivity index (χ2n) is 9.20. The highest BCUT2D eigenvalue weighted by Gasteiger charge is 2.63. The molecule has 0 radical (unpaired) electrons. The summed E-state index contributed by atoms with van der Waals surface area (Å²) in [5, 5.41) is 12.1. The van der Waals surface area contributed by atoms with Gasteiger partial charge in [0, 0.05) is 23.6 Å². The standard InChI is InChI=1S/C25H17F3N4O5/c26-25(27,28)14-7-5-13(6-8-14)22(33)29-12-15-11-20(29)21-23(34)31(24(35)30(15)21)18-9-10-19(32(36)37)17-4-2-1-3-16(17)18/h1-10,15,20-21H,11-12H2. The molecular weight excluding hydrogens is 493 g/mol. The Labute approximate surface area is 206 Å². The predicted octanol–water partition coefficient (Wildman–Crippen LogP) is 4.20. The summed E-state index contributed by atoms with van der Waals surface area (Å²) in [6, 6.07) is 10.3. The van der Waals surface area contributed by atoms with Crippen LogP contribution in [0.5, 0.6) is 0 Å². The molecule has 3 fully saturated rings. The number of non-ortho nitro benzene ring substituents is 1. The number of carbonyl (C=O) groups is 3. The van der Waals surface area contributed by atoms with Crippen molar-refractivity contribution in [2.45, 2.75) is 30.7 Å². The fraction of sp³-hybridized carbons (Fsp3) is 0.240. The van der Waals surface area contributed by atoms with E-state index < -0.39 is 52.6 Å². The molecule has 3 saturated heterocycles. The lowest BCUT2D eigenvalue weighted by atomic mass is 10.0. The molecule has 2 bridgehead atoms. The molecule has 3 unspecified atom stereocenters. The summed E-state index contributed by atoms with van der Waals surface area (Å²) >= 11 is 0. The van der Waals surface area contributed by atoms with Crippen molar-refractivity contribution in [1.82, 2.24) is 9.80 Å². The van der Waals surface area contributed by atoms with Crippen molar-refractivity contribution in [3.05, 3.63) is 81.9 Å². The lowest BCUT2D eigenvalue weighted by molar-refractivity contribution is -0.383. The van der Waals surface area contributed by atoms with Gasteiger partial charge in [0.05, 0.1) is 33.6 Å². The third-order valence-corrected chi connectivity index (χ3v) is 7.30. The summed E-state index contributed by atoms with van der Waals surface area (Å²) in [5.74, 6) is -1.07. The largest absolute Gasteiger partial charge is 0.416 e. The Hall–Kier alpha value is -4.48. The first kappa shape index (κ1) is 23.0. The van der Waals surface area contributed by atoms with E-state index in [-0.39, 0.29) is 28.9 Å². The predicted molar refractivity (Wildman–Crippen MR) is 124 cm³/mol. The van der Waals surface area contributed by atoms with Crippen molar-refractivity contribution >= 4 is 40.0 Å². The number of benzene rings is 3. The van der Waals surface area contributed by atoms with Crippen molar-refractivity contribution in [3.63, 3.8) is 0 Å². The fourth-order valence-electron chi connectivity index (χ4n) is 5.70. The summed E-state index contributed by atoms with van der Waals surface area (Å²) in [5.41, 5.74) is -0.763. The van der Waals surface area contributed by atoms with Crippen LogP contribution < -0.4 is 4.90 Å². The van der Waals surface area contributed by atoms with Gasteiger partial charge >= 0.3 is 12.2 Å². The number of likely N-dealkylation sites (tertiary alicyclic amines) is 1. The first-order valence-corrected chi connectivity index (χ1v) is 11.4. The molecule has 6 rings (SSSR count). The molecular formula is C25H17F3N4O5. The third-order valence-electron chi connectivity index (χ3n) is 7.30. The molecule has 0 saturated carbocycles. The molecule has 12 heteroatoms. The number of fused-ring (bicyclic) bond motifs is 6. The van der Waals surface area contributed by atoms with Crippen LogP contribution in [-0.2, 0) is 11.0 Å². The highest BCUT2D eigenvalue weighted by atomic mass is 19.4. The number of nitrogens with zero attached hydrogens (tertiary/aromatic N) is 4. The average molecular weight is 510 g/mol. The van der Waals surface area contributed by atoms with Gasteiger partial charge in [0.25, 0.3) is 17.5 Å². The van der Waals surface area contributed by atoms with Gasteiger partial charge in [-0.1, -0.05) is 18.2 Å². The maximum Gasteiger partial charge on any atom is 0.416 e. The third kappa shape index (κ3) is 3.28. The number of imide groups is 1. The van der Waals surface area contributed by atoms with Gasteiger partial charge in [0.1, 0.15) is 6.04 Å². The number of nitro groups is 1. The molecule has 3 atom stereocenters. The summed E-state index contributed by atoms with van der Waals surface area (Å²) in [6.45, 7) is 0.148. The molecule has 3 aliphatic rings. The van der Waals surface area contributed by atoms with Crippen LogP contribution in [0, 0.1) is 10.1 Å². The van der Waals surface area contributed by atoms with Crippen LogP contribution in [0.25, 0.3) is 10.8 Å². The molecule has 37 heavy (non-hydrogen) atoms. The van der Waals surface area contributed by atoms with Gasteiger partial charge in [0.15, 0.2) is 0 Å². The first-order chi connectivity index (χ1) is 17.6. The second-order valence-corrected chi connectivity index (χ2v) is 9.20. The van der Waals surface area contributed by atoms with Gasteiger partial charge in [-0.2, -0.15) is 13.2 Å². The minimum absolute atomic E-state index is 0.0575. The molecule has 9 nitrogen and oxygen atoms in total. The number of nitro benzene ring substituents is 1. The lowest BCUT2D eigenvalue weighted by Crippen LogP contribution is -2.54. The minimum atomic E-state index is -4.53. The zero-order valence-electron chi connectivity index (χ0n) is 18.9. The van der Waals surface area contributed by atoms with Crippen LogP contribution in [0.4, 0.5) is 29.3 Å². The summed E-state index contributed by atoms with van der Waals surface area (Å²) in [4.78, 5) is 55.0. The van der Waals surface area contributed by atoms with Gasteiger partial charge in [-0.3, -0.25) is 19.7 Å². The van der Waals surface area contributed by atoms with Crippen molar-refractivity contribution in [2.24, 2.45) is 0 Å². The van der Waals surface area contributed by atoms with E-state index in [0.29, 0.717) is 11.8 Å². The smallest absolute Gasteiger partial charge is 0.331 e. The number of anilines is 1. The molecule has 0 spiro atoms. The number of hydrogen-bond donors (Lipinski definition) is 0. The average Bonchev–Trinajstić information content (AvgIpc) is 3.54. The first-order valence-electron chi connectivity index (χ1n) is 11.4. The SMILES string of the molecule is O=C1C2C3CC(CN3C(=O)c3ccc(C(F)(F)F)cc3)N2C(=O)N1c1ccc([N+](=O)[O-])c2ccccc12. The number of piperazine rings is 1. The molecule has 3 aromatic rings. The molecule has 188 valence electrons. The molecule has 3 heterocycles. The topological polar surface area (TPSA) is 104 Å². The van der Waals surface area contributed by atoms with Crippen molar-refractivity contribution in [2.75, 3.05) is 11.4 Å². The normalized spacial score (nSPS) is 22.8. The van der Waals surface area contributed by atoms with Crippen molar-refractivity contribution in [1.29, 1.82) is 0 Å². The monoisotopic (exact) mass is 510 g/mol. The Bertz CT molecular complexity index is 1510. The van der Waals surface area contributed by atoms with E-state index in [9.17, 15) is 37.7 Å². The number of alkyl halides is 3. The number of amides is 4. The van der Waals surface area contributed by atoms with E-state index in [1.807, 2.05) is 0 Å². The highest BCUT2D eigenvalue weighted by molar-refractivity contribution is 6.25. The summed E-state index contributed by atoms with van der Waals surface area (Å²) in [7, 11) is 0. The fourth-order valence-corrected chi connectivity index (χ4v) is 5.70. The lowest BCUT2D eigenvalue weighted by Gasteiger charge is -2.35. The Morgan fingerprint density at radius 1 is 0.973 bits per heavy atom. The number of carbonyl (C=O) groups excluding carboxylic acids is 3. The van der Waals surface area contributed by atoms with Crippen molar-refractivity contribution < 1.29 is 32.5 Å². The van der Waals surface area contributed by atoms with Crippen LogP contribution in [0.2, 0.25) is 0 Å². The van der Waals surface area contributed by atoms with Crippen molar-refractivity contribution in [3.8, 4) is 0 Å². The van der Waals surface area contributed by atoms with Crippen LogP contribution >= 0.6 is 0 Å². The quantitative estimate of drug-likeness (QED) is 0.299. The zero-order chi connectivity index (χ0) is 26.2. The highest BCUT2D eigenvalue weighted by Crippen LogP contribution is 2.44. The number of rotatable bonds is 3. The van der Waals surface area contributed by atoms with Gasteiger partial charge in [0.2, 0.25) is 0 Å². The van der Waals surface area contributed by atoms with Gasteiger partial charge in [-0.15, -0.1) is 0 Å². The van der Waals surface area contributed by atoms with Crippen LogP contribution in [0.1, 0.15) is 22.3 Å². The molecule has 4 amide bonds. The molecule has 3 aromatic carbocycles. The number of urea groups is 1. The summed E-state index contributed by atoms with van der Waals surface area (Å²) in [6.07, 6.45) is -4.15. The van der Waals surface area contributed by atoms with Gasteiger partial charge < -0.3 is 9.80 Å². The Morgan fingerprint density at radius 3 is 2.30 bits per heavy atom. The van der Waals surface area contributed by atoms with E-state index >= 15 is 0 Å². The Balaban J connectivity index is 1.32. The van der Waals surface area contributed by atoms with E-state index in [4.69, 9.17) is 0 Å². The van der Waals surface area contributed by atoms with Crippen LogP contribution in [0.3, 0.4) is 0 Å².